The Labute approximate surface area is 91.3 Å². The molecule has 0 radical (unpaired) electrons. The van der Waals surface area contributed by atoms with Crippen LogP contribution in [-0.4, -0.2) is 18.8 Å². The predicted octanol–water partition coefficient (Wildman–Crippen LogP) is 1.82. The second kappa shape index (κ2) is 4.33. The van der Waals surface area contributed by atoms with Gasteiger partial charge >= 0.3 is 0 Å². The van der Waals surface area contributed by atoms with Crippen LogP contribution in [0, 0.1) is 0 Å². The topological polar surface area (TPSA) is 32.3 Å². The van der Waals surface area contributed by atoms with E-state index in [1.807, 2.05) is 7.05 Å². The van der Waals surface area contributed by atoms with Crippen molar-refractivity contribution in [3.63, 3.8) is 0 Å². The lowest BCUT2D eigenvalue weighted by Crippen LogP contribution is -2.43. The first-order valence-corrected chi connectivity index (χ1v) is 5.70. The maximum Gasteiger partial charge on any atom is 0.0457 e. The second-order valence-corrected chi connectivity index (χ2v) is 4.32. The number of hydrogen-bond donors (Lipinski definition) is 2. The van der Waals surface area contributed by atoms with Crippen molar-refractivity contribution >= 4 is 0 Å². The highest BCUT2D eigenvalue weighted by Crippen LogP contribution is 2.37. The summed E-state index contributed by atoms with van der Waals surface area (Å²) in [5.41, 5.74) is 2.82. The Morgan fingerprint density at radius 3 is 2.93 bits per heavy atom. The Balaban J connectivity index is 2.42. The van der Waals surface area contributed by atoms with Crippen LogP contribution in [0.15, 0.2) is 24.3 Å². The lowest BCUT2D eigenvalue weighted by atomic mass is 9.75. The van der Waals surface area contributed by atoms with Crippen molar-refractivity contribution < 1.29 is 5.11 Å². The van der Waals surface area contributed by atoms with Crippen molar-refractivity contribution in [2.75, 3.05) is 13.7 Å². The number of aliphatic hydroxyl groups is 1. The number of aliphatic hydroxyl groups excluding tert-OH is 1. The van der Waals surface area contributed by atoms with E-state index in [4.69, 9.17) is 0 Å². The Kier molecular flexibility index (Phi) is 3.08. The van der Waals surface area contributed by atoms with Gasteiger partial charge in [-0.05, 0) is 43.9 Å². The first-order chi connectivity index (χ1) is 7.32. The van der Waals surface area contributed by atoms with Crippen molar-refractivity contribution in [2.45, 2.75) is 31.2 Å². The fourth-order valence-corrected chi connectivity index (χ4v) is 2.76. The van der Waals surface area contributed by atoms with E-state index in [1.54, 1.807) is 0 Å². The zero-order valence-electron chi connectivity index (χ0n) is 9.29. The van der Waals surface area contributed by atoms with Gasteiger partial charge in [-0.2, -0.15) is 0 Å². The summed E-state index contributed by atoms with van der Waals surface area (Å²) in [5.74, 6) is 0. The average Bonchev–Trinajstić information content (AvgIpc) is 2.30. The fourth-order valence-electron chi connectivity index (χ4n) is 2.76. The third-order valence-corrected chi connectivity index (χ3v) is 3.60. The molecule has 1 aliphatic rings. The molecule has 1 aromatic carbocycles. The molecule has 82 valence electrons. The summed E-state index contributed by atoms with van der Waals surface area (Å²) in [7, 11) is 2.00. The molecule has 0 amide bonds. The maximum atomic E-state index is 9.20. The summed E-state index contributed by atoms with van der Waals surface area (Å²) in [5, 5.41) is 12.6. The van der Waals surface area contributed by atoms with Gasteiger partial charge in [0.25, 0.3) is 0 Å². The number of nitrogens with one attached hydrogen (secondary N) is 1. The highest BCUT2D eigenvalue weighted by atomic mass is 16.3. The van der Waals surface area contributed by atoms with Crippen LogP contribution in [0.25, 0.3) is 0 Å². The Bertz CT molecular complexity index is 337. The Hall–Kier alpha value is -0.860. The predicted molar refractivity (Wildman–Crippen MR) is 61.8 cm³/mol. The van der Waals surface area contributed by atoms with Crippen molar-refractivity contribution in [1.29, 1.82) is 0 Å². The van der Waals surface area contributed by atoms with Gasteiger partial charge < -0.3 is 10.4 Å². The van der Waals surface area contributed by atoms with E-state index in [0.717, 1.165) is 12.8 Å². The molecule has 1 unspecified atom stereocenters. The summed E-state index contributed by atoms with van der Waals surface area (Å²) in [6.07, 6.45) is 4.31. The van der Waals surface area contributed by atoms with E-state index < -0.39 is 0 Å². The molecule has 2 rings (SSSR count). The summed E-state index contributed by atoms with van der Waals surface area (Å²) in [4.78, 5) is 0. The smallest absolute Gasteiger partial charge is 0.0457 e. The minimum Gasteiger partial charge on any atom is -0.396 e. The number of aryl methyl sites for hydroxylation is 1. The summed E-state index contributed by atoms with van der Waals surface area (Å²) < 4.78 is 0. The molecule has 2 heteroatoms. The molecule has 0 fully saturated rings. The normalized spacial score (nSPS) is 24.9. The van der Waals surface area contributed by atoms with Crippen LogP contribution < -0.4 is 5.32 Å². The third kappa shape index (κ3) is 1.80. The monoisotopic (exact) mass is 205 g/mol. The molecular formula is C13H19NO. The van der Waals surface area contributed by atoms with Crippen LogP contribution >= 0.6 is 0 Å². The standard InChI is InChI=1S/C13H19NO/c1-14-13(9-10-15)8-4-6-11-5-2-3-7-12(11)13/h2-3,5,7,14-15H,4,6,8-10H2,1H3. The quantitative estimate of drug-likeness (QED) is 0.789. The van der Waals surface area contributed by atoms with Gasteiger partial charge in [0, 0.05) is 12.1 Å². The second-order valence-electron chi connectivity index (χ2n) is 4.32. The van der Waals surface area contributed by atoms with Crippen LogP contribution in [0.4, 0.5) is 0 Å². The van der Waals surface area contributed by atoms with E-state index in [2.05, 4.69) is 29.6 Å². The molecule has 0 aliphatic heterocycles. The van der Waals surface area contributed by atoms with E-state index in [9.17, 15) is 5.11 Å². The lowest BCUT2D eigenvalue weighted by molar-refractivity contribution is 0.198. The maximum absolute atomic E-state index is 9.20. The van der Waals surface area contributed by atoms with Gasteiger partial charge in [-0.1, -0.05) is 24.3 Å². The van der Waals surface area contributed by atoms with Crippen molar-refractivity contribution in [2.24, 2.45) is 0 Å². The molecule has 1 aromatic rings. The zero-order chi connectivity index (χ0) is 10.7. The minimum absolute atomic E-state index is 0.00356. The SMILES string of the molecule is CNC1(CCO)CCCc2ccccc21. The van der Waals surface area contributed by atoms with Crippen LogP contribution in [0.5, 0.6) is 0 Å². The summed E-state index contributed by atoms with van der Waals surface area (Å²) in [6.45, 7) is 0.245. The third-order valence-electron chi connectivity index (χ3n) is 3.60. The molecule has 0 bridgehead atoms. The summed E-state index contributed by atoms with van der Waals surface area (Å²) >= 11 is 0. The van der Waals surface area contributed by atoms with Crippen LogP contribution in [-0.2, 0) is 12.0 Å². The number of fused-ring (bicyclic) bond motifs is 1. The molecule has 2 N–H and O–H groups in total. The summed E-state index contributed by atoms with van der Waals surface area (Å²) in [6, 6.07) is 8.59. The highest BCUT2D eigenvalue weighted by Gasteiger charge is 2.33. The van der Waals surface area contributed by atoms with Crippen LogP contribution in [0.1, 0.15) is 30.4 Å². The van der Waals surface area contributed by atoms with Gasteiger partial charge in [0.2, 0.25) is 0 Å². The molecule has 1 atom stereocenters. The van der Waals surface area contributed by atoms with Gasteiger partial charge in [-0.15, -0.1) is 0 Å². The van der Waals surface area contributed by atoms with E-state index in [1.165, 1.54) is 24.0 Å². The molecule has 2 nitrogen and oxygen atoms in total. The Morgan fingerprint density at radius 1 is 1.40 bits per heavy atom. The fraction of sp³-hybridized carbons (Fsp3) is 0.538. The average molecular weight is 205 g/mol. The van der Waals surface area contributed by atoms with E-state index >= 15 is 0 Å². The van der Waals surface area contributed by atoms with Gasteiger partial charge in [0.1, 0.15) is 0 Å². The molecule has 0 spiro atoms. The number of benzene rings is 1. The number of rotatable bonds is 3. The van der Waals surface area contributed by atoms with Gasteiger partial charge in [-0.3, -0.25) is 0 Å². The largest absolute Gasteiger partial charge is 0.396 e. The molecule has 0 saturated heterocycles. The first-order valence-electron chi connectivity index (χ1n) is 5.70. The molecule has 0 heterocycles. The van der Waals surface area contributed by atoms with Crippen molar-refractivity contribution in [3.05, 3.63) is 35.4 Å². The van der Waals surface area contributed by atoms with E-state index in [0.29, 0.717) is 0 Å². The van der Waals surface area contributed by atoms with Crippen LogP contribution in [0.3, 0.4) is 0 Å². The number of hydrogen-bond acceptors (Lipinski definition) is 2. The van der Waals surface area contributed by atoms with E-state index in [-0.39, 0.29) is 12.1 Å². The lowest BCUT2D eigenvalue weighted by Gasteiger charge is -2.39. The van der Waals surface area contributed by atoms with Gasteiger partial charge in [-0.25, -0.2) is 0 Å². The van der Waals surface area contributed by atoms with Gasteiger partial charge in [0.05, 0.1) is 0 Å². The minimum atomic E-state index is 0.00356. The molecule has 1 aliphatic carbocycles. The first kappa shape index (κ1) is 10.7. The molecule has 0 saturated carbocycles. The van der Waals surface area contributed by atoms with Crippen molar-refractivity contribution in [1.82, 2.24) is 5.32 Å². The van der Waals surface area contributed by atoms with Crippen LogP contribution in [0.2, 0.25) is 0 Å². The molecule has 15 heavy (non-hydrogen) atoms. The highest BCUT2D eigenvalue weighted by molar-refractivity contribution is 5.36. The van der Waals surface area contributed by atoms with Crippen molar-refractivity contribution in [3.8, 4) is 0 Å². The Morgan fingerprint density at radius 2 is 2.20 bits per heavy atom. The van der Waals surface area contributed by atoms with Gasteiger partial charge in [0.15, 0.2) is 0 Å². The molecule has 0 aromatic heterocycles. The molecular weight excluding hydrogens is 186 g/mol. The zero-order valence-corrected chi connectivity index (χ0v) is 9.29.